The first-order valence-electron chi connectivity index (χ1n) is 11.4. The highest BCUT2D eigenvalue weighted by Crippen LogP contribution is 2.35. The molecule has 3 heterocycles. The van der Waals surface area contributed by atoms with E-state index >= 15 is 0 Å². The summed E-state index contributed by atoms with van der Waals surface area (Å²) in [4.78, 5) is 27.2. The second kappa shape index (κ2) is 8.46. The second-order valence-corrected chi connectivity index (χ2v) is 10.6. The van der Waals surface area contributed by atoms with Gasteiger partial charge in [0.15, 0.2) is 6.10 Å². The number of fused-ring (bicyclic) bond motifs is 2. The van der Waals surface area contributed by atoms with Gasteiger partial charge in [-0.2, -0.15) is 4.31 Å². The minimum atomic E-state index is -3.75. The molecule has 8 nitrogen and oxygen atoms in total. The van der Waals surface area contributed by atoms with Crippen molar-refractivity contribution in [2.45, 2.75) is 43.6 Å². The van der Waals surface area contributed by atoms with Crippen LogP contribution in [-0.2, 0) is 26.0 Å². The van der Waals surface area contributed by atoms with Crippen molar-refractivity contribution >= 4 is 33.2 Å². The molecule has 1 N–H and O–H groups in total. The summed E-state index contributed by atoms with van der Waals surface area (Å²) in [6.45, 7) is 3.10. The van der Waals surface area contributed by atoms with Crippen molar-refractivity contribution in [1.29, 1.82) is 0 Å². The van der Waals surface area contributed by atoms with Gasteiger partial charge in [0.25, 0.3) is 5.91 Å². The predicted octanol–water partition coefficient (Wildman–Crippen LogP) is 2.79. The Morgan fingerprint density at radius 1 is 1.12 bits per heavy atom. The maximum Gasteiger partial charge on any atom is 0.265 e. The summed E-state index contributed by atoms with van der Waals surface area (Å²) < 4.78 is 33.6. The minimum absolute atomic E-state index is 0.0797. The first kappa shape index (κ1) is 21.9. The molecule has 2 aromatic rings. The molecule has 2 amide bonds. The van der Waals surface area contributed by atoms with Crippen molar-refractivity contribution in [3.05, 3.63) is 48.0 Å². The van der Waals surface area contributed by atoms with E-state index in [-0.39, 0.29) is 35.7 Å². The van der Waals surface area contributed by atoms with Crippen molar-refractivity contribution in [2.75, 3.05) is 29.9 Å². The molecule has 1 atom stereocenters. The lowest BCUT2D eigenvalue weighted by Crippen LogP contribution is -2.44. The fraction of sp³-hybridized carbons (Fsp3) is 0.417. The maximum atomic E-state index is 13.2. The second-order valence-electron chi connectivity index (χ2n) is 8.71. The van der Waals surface area contributed by atoms with Gasteiger partial charge in [0, 0.05) is 31.2 Å². The van der Waals surface area contributed by atoms with E-state index in [0.29, 0.717) is 37.2 Å². The number of benzene rings is 2. The number of anilines is 2. The Balaban J connectivity index is 1.27. The molecule has 0 unspecified atom stereocenters. The SMILES string of the molecule is CC[C@@H]1Oc2ccc(S(=O)(=O)N3CCC(C(=O)N4CCc5ccccc54)CC3)cc2NC1=O. The molecule has 9 heteroatoms. The molecule has 0 aromatic heterocycles. The van der Waals surface area contributed by atoms with Gasteiger partial charge in [-0.3, -0.25) is 9.59 Å². The molecule has 174 valence electrons. The molecule has 3 aliphatic rings. The molecule has 0 bridgehead atoms. The lowest BCUT2D eigenvalue weighted by molar-refractivity contribution is -0.124. The van der Waals surface area contributed by atoms with Crippen molar-refractivity contribution < 1.29 is 22.7 Å². The Bertz CT molecular complexity index is 1200. The summed E-state index contributed by atoms with van der Waals surface area (Å²) in [7, 11) is -3.75. The number of sulfonamides is 1. The fourth-order valence-corrected chi connectivity index (χ4v) is 6.33. The van der Waals surface area contributed by atoms with Crippen LogP contribution in [0.4, 0.5) is 11.4 Å². The normalized spacial score (nSPS) is 21.2. The quantitative estimate of drug-likeness (QED) is 0.743. The highest BCUT2D eigenvalue weighted by molar-refractivity contribution is 7.89. The molecule has 0 spiro atoms. The van der Waals surface area contributed by atoms with Crippen molar-refractivity contribution in [1.82, 2.24) is 4.31 Å². The number of nitrogens with one attached hydrogen (secondary N) is 1. The Morgan fingerprint density at radius 2 is 1.88 bits per heavy atom. The average molecular weight is 470 g/mol. The fourth-order valence-electron chi connectivity index (χ4n) is 4.84. The molecule has 0 aliphatic carbocycles. The molecule has 0 saturated carbocycles. The summed E-state index contributed by atoms with van der Waals surface area (Å²) >= 11 is 0. The number of piperidine rings is 1. The highest BCUT2D eigenvalue weighted by atomic mass is 32.2. The van der Waals surface area contributed by atoms with Gasteiger partial charge in [-0.15, -0.1) is 0 Å². The van der Waals surface area contributed by atoms with Gasteiger partial charge in [-0.1, -0.05) is 25.1 Å². The third-order valence-corrected chi connectivity index (χ3v) is 8.63. The van der Waals surface area contributed by atoms with Crippen LogP contribution in [0.15, 0.2) is 47.4 Å². The first-order chi connectivity index (χ1) is 15.9. The number of nitrogens with zero attached hydrogens (tertiary/aromatic N) is 2. The van der Waals surface area contributed by atoms with Crippen LogP contribution in [0.2, 0.25) is 0 Å². The highest BCUT2D eigenvalue weighted by Gasteiger charge is 2.36. The molecule has 0 radical (unpaired) electrons. The van der Waals surface area contributed by atoms with Crippen molar-refractivity contribution in [2.24, 2.45) is 5.92 Å². The summed E-state index contributed by atoms with van der Waals surface area (Å²) in [6, 6.07) is 12.5. The number of hydrogen-bond donors (Lipinski definition) is 1. The van der Waals surface area contributed by atoms with E-state index in [1.807, 2.05) is 36.1 Å². The van der Waals surface area contributed by atoms with Crippen LogP contribution in [0.3, 0.4) is 0 Å². The van der Waals surface area contributed by atoms with Crippen LogP contribution >= 0.6 is 0 Å². The third kappa shape index (κ3) is 3.89. The molecule has 2 aromatic carbocycles. The number of carbonyl (C=O) groups is 2. The lowest BCUT2D eigenvalue weighted by atomic mass is 9.96. The predicted molar refractivity (Wildman–Crippen MR) is 124 cm³/mol. The van der Waals surface area contributed by atoms with Crippen LogP contribution in [0.5, 0.6) is 5.75 Å². The number of hydrogen-bond acceptors (Lipinski definition) is 5. The van der Waals surface area contributed by atoms with Crippen LogP contribution in [0.25, 0.3) is 0 Å². The third-order valence-electron chi connectivity index (χ3n) is 6.74. The Kier molecular flexibility index (Phi) is 5.62. The molecule has 3 aliphatic heterocycles. The van der Waals surface area contributed by atoms with Crippen LogP contribution < -0.4 is 15.0 Å². The molecule has 1 saturated heterocycles. The van der Waals surface area contributed by atoms with E-state index in [1.165, 1.54) is 22.0 Å². The number of rotatable bonds is 4. The zero-order chi connectivity index (χ0) is 23.2. The van der Waals surface area contributed by atoms with E-state index < -0.39 is 16.1 Å². The lowest BCUT2D eigenvalue weighted by Gasteiger charge is -2.33. The minimum Gasteiger partial charge on any atom is -0.478 e. The summed E-state index contributed by atoms with van der Waals surface area (Å²) in [5, 5.41) is 2.74. The largest absolute Gasteiger partial charge is 0.478 e. The summed E-state index contributed by atoms with van der Waals surface area (Å²) in [5.74, 6) is 0.0823. The molecule has 33 heavy (non-hydrogen) atoms. The smallest absolute Gasteiger partial charge is 0.265 e. The van der Waals surface area contributed by atoms with Gasteiger partial charge in [0.1, 0.15) is 5.75 Å². The Hall–Kier alpha value is -2.91. The molecular formula is C24H27N3O5S. The van der Waals surface area contributed by atoms with Gasteiger partial charge >= 0.3 is 0 Å². The van der Waals surface area contributed by atoms with E-state index in [9.17, 15) is 18.0 Å². The average Bonchev–Trinajstić information content (AvgIpc) is 3.27. The summed E-state index contributed by atoms with van der Waals surface area (Å²) in [6.07, 6.45) is 1.78. The molecule has 1 fully saturated rings. The standard InChI is InChI=1S/C24H27N3O5S/c1-2-21-23(28)25-19-15-18(7-8-22(19)32-21)33(30,31)26-12-9-17(10-13-26)24(29)27-14-11-16-5-3-4-6-20(16)27/h3-8,15,17,21H,2,9-14H2,1H3,(H,25,28)/t21-/m0/s1. The van der Waals surface area contributed by atoms with Crippen LogP contribution in [0.1, 0.15) is 31.7 Å². The summed E-state index contributed by atoms with van der Waals surface area (Å²) in [5.41, 5.74) is 2.52. The zero-order valence-corrected chi connectivity index (χ0v) is 19.3. The Labute approximate surface area is 193 Å². The first-order valence-corrected chi connectivity index (χ1v) is 12.8. The van der Waals surface area contributed by atoms with Crippen molar-refractivity contribution in [3.63, 3.8) is 0 Å². The van der Waals surface area contributed by atoms with Gasteiger partial charge < -0.3 is 15.0 Å². The van der Waals surface area contributed by atoms with Crippen LogP contribution in [0, 0.1) is 5.92 Å². The van der Waals surface area contributed by atoms with E-state index in [4.69, 9.17) is 4.74 Å². The van der Waals surface area contributed by atoms with Gasteiger partial charge in [0.05, 0.1) is 10.6 Å². The zero-order valence-electron chi connectivity index (χ0n) is 18.5. The Morgan fingerprint density at radius 3 is 2.64 bits per heavy atom. The molecular weight excluding hydrogens is 442 g/mol. The van der Waals surface area contributed by atoms with Gasteiger partial charge in [0.2, 0.25) is 15.9 Å². The molecule has 5 rings (SSSR count). The number of ether oxygens (including phenoxy) is 1. The number of carbonyl (C=O) groups excluding carboxylic acids is 2. The number of amides is 2. The topological polar surface area (TPSA) is 96.0 Å². The maximum absolute atomic E-state index is 13.2. The monoisotopic (exact) mass is 469 g/mol. The number of para-hydroxylation sites is 1. The van der Waals surface area contributed by atoms with Crippen molar-refractivity contribution in [3.8, 4) is 5.75 Å². The van der Waals surface area contributed by atoms with E-state index in [2.05, 4.69) is 5.32 Å². The van der Waals surface area contributed by atoms with E-state index in [0.717, 1.165) is 12.1 Å². The van der Waals surface area contributed by atoms with Gasteiger partial charge in [-0.25, -0.2) is 8.42 Å². The van der Waals surface area contributed by atoms with E-state index in [1.54, 1.807) is 6.07 Å². The van der Waals surface area contributed by atoms with Gasteiger partial charge in [-0.05, 0) is 55.5 Å². The van der Waals surface area contributed by atoms with Crippen LogP contribution in [-0.4, -0.2) is 50.3 Å².